The Bertz CT molecular complexity index is 1150. The van der Waals surface area contributed by atoms with Gasteiger partial charge >= 0.3 is 0 Å². The zero-order valence-corrected chi connectivity index (χ0v) is 19.8. The van der Waals surface area contributed by atoms with E-state index in [4.69, 9.17) is 9.26 Å². The van der Waals surface area contributed by atoms with E-state index in [-0.39, 0.29) is 23.1 Å². The molecule has 0 saturated carbocycles. The molecule has 10 nitrogen and oxygen atoms in total. The van der Waals surface area contributed by atoms with Gasteiger partial charge in [0.05, 0.1) is 23.8 Å². The average molecular weight is 477 g/mol. The third-order valence-corrected chi connectivity index (χ3v) is 8.04. The average Bonchev–Trinajstić information content (AvgIpc) is 3.34. The van der Waals surface area contributed by atoms with Crippen molar-refractivity contribution in [2.45, 2.75) is 44.6 Å². The van der Waals surface area contributed by atoms with E-state index in [2.05, 4.69) is 10.5 Å². The second kappa shape index (κ2) is 9.24. The minimum atomic E-state index is -3.67. The predicted octanol–water partition coefficient (Wildman–Crippen LogP) is 0.949. The summed E-state index contributed by atoms with van der Waals surface area (Å²) in [4.78, 5) is 27.0. The Balaban J connectivity index is 1.50. The van der Waals surface area contributed by atoms with Crippen molar-refractivity contribution in [3.05, 3.63) is 40.8 Å². The first-order valence-corrected chi connectivity index (χ1v) is 12.3. The molecule has 2 aliphatic rings. The molecule has 1 N–H and O–H groups in total. The van der Waals surface area contributed by atoms with Crippen LogP contribution in [0.25, 0.3) is 0 Å². The van der Waals surface area contributed by atoms with Gasteiger partial charge in [-0.25, -0.2) is 8.42 Å². The Morgan fingerprint density at radius 2 is 1.94 bits per heavy atom. The van der Waals surface area contributed by atoms with E-state index < -0.39 is 16.1 Å². The Kier molecular flexibility index (Phi) is 6.55. The van der Waals surface area contributed by atoms with Gasteiger partial charge < -0.3 is 14.6 Å². The van der Waals surface area contributed by atoms with E-state index in [0.717, 1.165) is 17.0 Å². The number of fused-ring (bicyclic) bond motifs is 1. The minimum absolute atomic E-state index is 0.158. The molecule has 1 atom stereocenters. The fourth-order valence-electron chi connectivity index (χ4n) is 4.41. The Morgan fingerprint density at radius 1 is 1.21 bits per heavy atom. The number of benzene rings is 1. The molecule has 1 aromatic carbocycles. The molecule has 3 heterocycles. The van der Waals surface area contributed by atoms with Crippen LogP contribution in [-0.4, -0.2) is 68.6 Å². The van der Waals surface area contributed by atoms with Crippen molar-refractivity contribution >= 4 is 27.5 Å². The van der Waals surface area contributed by atoms with Crippen molar-refractivity contribution in [2.75, 3.05) is 37.7 Å². The number of carbonyl (C=O) groups excluding carboxylic acids is 2. The largest absolute Gasteiger partial charge is 0.379 e. The first-order chi connectivity index (χ1) is 15.7. The molecule has 178 valence electrons. The Morgan fingerprint density at radius 3 is 2.58 bits per heavy atom. The number of aryl methyl sites for hydroxylation is 2. The lowest BCUT2D eigenvalue weighted by molar-refractivity contribution is -0.125. The number of hydrogen-bond acceptors (Lipinski definition) is 7. The summed E-state index contributed by atoms with van der Waals surface area (Å²) in [5, 5.41) is 6.81. The molecule has 0 aliphatic carbocycles. The van der Waals surface area contributed by atoms with Crippen LogP contribution >= 0.6 is 0 Å². The summed E-state index contributed by atoms with van der Waals surface area (Å²) >= 11 is 0. The number of carbonyl (C=O) groups is 2. The number of hydrogen-bond donors (Lipinski definition) is 1. The molecule has 33 heavy (non-hydrogen) atoms. The first-order valence-electron chi connectivity index (χ1n) is 10.9. The quantitative estimate of drug-likeness (QED) is 0.659. The standard InChI is InChI=1S/C22H28N4O6S/c1-14-19(15(2)32-24-14)6-7-23-22(28)21-13-17-12-18(4-5-20(17)26(21)16(3)27)33(29,30)25-8-10-31-11-9-25/h4-5,12,21H,6-11,13H2,1-3H3,(H,23,28). The molecule has 4 rings (SSSR count). The monoisotopic (exact) mass is 476 g/mol. The number of rotatable bonds is 6. The lowest BCUT2D eigenvalue weighted by Crippen LogP contribution is -2.47. The van der Waals surface area contributed by atoms with E-state index >= 15 is 0 Å². The third-order valence-electron chi connectivity index (χ3n) is 6.14. The van der Waals surface area contributed by atoms with Crippen LogP contribution in [0, 0.1) is 13.8 Å². The van der Waals surface area contributed by atoms with Crippen molar-refractivity contribution in [1.29, 1.82) is 0 Å². The van der Waals surface area contributed by atoms with Gasteiger partial charge in [-0.3, -0.25) is 14.5 Å². The van der Waals surface area contributed by atoms with Crippen molar-refractivity contribution in [1.82, 2.24) is 14.8 Å². The lowest BCUT2D eigenvalue weighted by Gasteiger charge is -2.26. The topological polar surface area (TPSA) is 122 Å². The highest BCUT2D eigenvalue weighted by molar-refractivity contribution is 7.89. The number of ether oxygens (including phenoxy) is 1. The van der Waals surface area contributed by atoms with Crippen LogP contribution in [0.3, 0.4) is 0 Å². The van der Waals surface area contributed by atoms with Crippen molar-refractivity contribution in [3.8, 4) is 0 Å². The Labute approximate surface area is 192 Å². The van der Waals surface area contributed by atoms with Gasteiger partial charge in [-0.15, -0.1) is 0 Å². The molecule has 0 bridgehead atoms. The van der Waals surface area contributed by atoms with Crippen LogP contribution in [0.5, 0.6) is 0 Å². The summed E-state index contributed by atoms with van der Waals surface area (Å²) in [6, 6.07) is 3.95. The van der Waals surface area contributed by atoms with Gasteiger partial charge in [-0.2, -0.15) is 4.31 Å². The number of morpholine rings is 1. The molecular formula is C22H28N4O6S. The normalized spacial score (nSPS) is 18.9. The van der Waals surface area contributed by atoms with Crippen molar-refractivity contribution < 1.29 is 27.3 Å². The molecule has 2 aliphatic heterocycles. The van der Waals surface area contributed by atoms with Gasteiger partial charge in [0.1, 0.15) is 11.8 Å². The molecule has 0 spiro atoms. The van der Waals surface area contributed by atoms with Crippen LogP contribution < -0.4 is 10.2 Å². The van der Waals surface area contributed by atoms with E-state index in [1.54, 1.807) is 12.1 Å². The van der Waals surface area contributed by atoms with E-state index in [1.165, 1.54) is 22.2 Å². The molecular weight excluding hydrogens is 448 g/mol. The third kappa shape index (κ3) is 4.53. The predicted molar refractivity (Wildman–Crippen MR) is 119 cm³/mol. The molecule has 1 aromatic heterocycles. The summed E-state index contributed by atoms with van der Waals surface area (Å²) in [6.07, 6.45) is 0.813. The van der Waals surface area contributed by atoms with Gasteiger partial charge in [0.25, 0.3) is 0 Å². The maximum atomic E-state index is 13.0. The minimum Gasteiger partial charge on any atom is -0.379 e. The number of amides is 2. The molecule has 2 aromatic rings. The van der Waals surface area contributed by atoms with Crippen molar-refractivity contribution in [3.63, 3.8) is 0 Å². The zero-order chi connectivity index (χ0) is 23.8. The van der Waals surface area contributed by atoms with Gasteiger partial charge in [0, 0.05) is 44.2 Å². The second-order valence-electron chi connectivity index (χ2n) is 8.26. The van der Waals surface area contributed by atoms with Gasteiger partial charge in [-0.1, -0.05) is 5.16 Å². The van der Waals surface area contributed by atoms with Crippen molar-refractivity contribution in [2.24, 2.45) is 0 Å². The summed E-state index contributed by atoms with van der Waals surface area (Å²) in [5.74, 6) is 0.156. The second-order valence-corrected chi connectivity index (χ2v) is 10.2. The fraction of sp³-hybridized carbons (Fsp3) is 0.500. The summed E-state index contributed by atoms with van der Waals surface area (Å²) in [5.41, 5.74) is 2.96. The highest BCUT2D eigenvalue weighted by atomic mass is 32.2. The number of sulfonamides is 1. The smallest absolute Gasteiger partial charge is 0.243 e. The number of anilines is 1. The van der Waals surface area contributed by atoms with Gasteiger partial charge in [0.2, 0.25) is 21.8 Å². The van der Waals surface area contributed by atoms with Crippen LogP contribution in [-0.2, 0) is 37.2 Å². The van der Waals surface area contributed by atoms with Crippen LogP contribution in [0.4, 0.5) is 5.69 Å². The maximum absolute atomic E-state index is 13.0. The molecule has 1 saturated heterocycles. The lowest BCUT2D eigenvalue weighted by atomic mass is 10.1. The van der Waals surface area contributed by atoms with E-state index in [1.807, 2.05) is 13.8 Å². The van der Waals surface area contributed by atoms with Crippen LogP contribution in [0.1, 0.15) is 29.5 Å². The van der Waals surface area contributed by atoms with E-state index in [9.17, 15) is 18.0 Å². The Hall–Kier alpha value is -2.76. The number of aromatic nitrogens is 1. The molecule has 11 heteroatoms. The summed E-state index contributed by atoms with van der Waals surface area (Å²) in [6.45, 7) is 6.77. The highest BCUT2D eigenvalue weighted by Crippen LogP contribution is 2.35. The van der Waals surface area contributed by atoms with E-state index in [0.29, 0.717) is 50.5 Å². The number of nitrogens with zero attached hydrogens (tertiary/aromatic N) is 3. The molecule has 0 radical (unpaired) electrons. The zero-order valence-electron chi connectivity index (χ0n) is 19.0. The van der Waals surface area contributed by atoms with Gasteiger partial charge in [0.15, 0.2) is 0 Å². The fourth-order valence-corrected chi connectivity index (χ4v) is 5.87. The number of nitrogens with one attached hydrogen (secondary N) is 1. The van der Waals surface area contributed by atoms with Gasteiger partial charge in [-0.05, 0) is 44.0 Å². The summed E-state index contributed by atoms with van der Waals surface area (Å²) < 4.78 is 37.8. The highest BCUT2D eigenvalue weighted by Gasteiger charge is 2.38. The molecule has 1 fully saturated rings. The summed E-state index contributed by atoms with van der Waals surface area (Å²) in [7, 11) is -3.67. The van der Waals surface area contributed by atoms with Crippen LogP contribution in [0.15, 0.2) is 27.6 Å². The SMILES string of the molecule is CC(=O)N1c2ccc(S(=O)(=O)N3CCOCC3)cc2CC1C(=O)NCCc1c(C)noc1C. The maximum Gasteiger partial charge on any atom is 0.243 e. The molecule has 1 unspecified atom stereocenters. The first kappa shape index (κ1) is 23.4. The molecule has 2 amide bonds. The van der Waals surface area contributed by atoms with Crippen LogP contribution in [0.2, 0.25) is 0 Å².